The molecule has 1 unspecified atom stereocenters. The van der Waals surface area contributed by atoms with Gasteiger partial charge in [-0.15, -0.1) is 0 Å². The molecule has 1 heterocycles. The minimum Gasteiger partial charge on any atom is -0.313 e. The molecule has 1 atom stereocenters. The summed E-state index contributed by atoms with van der Waals surface area (Å²) >= 11 is 0. The second-order valence-corrected chi connectivity index (χ2v) is 4.33. The summed E-state index contributed by atoms with van der Waals surface area (Å²) < 4.78 is 11.5. The highest BCUT2D eigenvalue weighted by atomic mass is 32.2. The van der Waals surface area contributed by atoms with Gasteiger partial charge in [0, 0.05) is 7.05 Å². The molecule has 0 aromatic heterocycles. The minimum atomic E-state index is -1.16. The molecule has 68 valence electrons. The summed E-state index contributed by atoms with van der Waals surface area (Å²) in [7, 11) is 0.549. The summed E-state index contributed by atoms with van der Waals surface area (Å²) in [5, 5.41) is 0. The van der Waals surface area contributed by atoms with Gasteiger partial charge in [-0.3, -0.25) is 9.00 Å². The van der Waals surface area contributed by atoms with E-state index in [-0.39, 0.29) is 11.7 Å². The fourth-order valence-corrected chi connectivity index (χ4v) is 2.59. The number of amides is 1. The van der Waals surface area contributed by atoms with Crippen molar-refractivity contribution in [3.05, 3.63) is 24.3 Å². The van der Waals surface area contributed by atoms with Crippen LogP contribution in [0, 0.1) is 0 Å². The van der Waals surface area contributed by atoms with Crippen LogP contribution in [0.2, 0.25) is 0 Å². The third-order valence-electron chi connectivity index (χ3n) is 2.10. The molecule has 3 nitrogen and oxygen atoms in total. The van der Waals surface area contributed by atoms with Crippen molar-refractivity contribution in [3.63, 3.8) is 0 Å². The summed E-state index contributed by atoms with van der Waals surface area (Å²) in [6, 6.07) is 7.28. The van der Waals surface area contributed by atoms with Gasteiger partial charge in [-0.2, -0.15) is 0 Å². The predicted octanol–water partition coefficient (Wildman–Crippen LogP) is 0.771. The van der Waals surface area contributed by atoms with E-state index >= 15 is 0 Å². The normalized spacial score (nSPS) is 21.5. The molecule has 1 amide bonds. The second kappa shape index (κ2) is 2.96. The zero-order valence-electron chi connectivity index (χ0n) is 7.19. The van der Waals surface area contributed by atoms with Crippen molar-refractivity contribution in [2.45, 2.75) is 4.90 Å². The average Bonchev–Trinajstić information content (AvgIpc) is 2.15. The lowest BCUT2D eigenvalue weighted by molar-refractivity contribution is -0.116. The van der Waals surface area contributed by atoms with E-state index in [1.807, 2.05) is 18.2 Å². The Bertz CT molecular complexity index is 389. The molecule has 0 saturated carbocycles. The third-order valence-corrected chi connectivity index (χ3v) is 3.45. The molecule has 0 radical (unpaired) electrons. The molecule has 0 aliphatic carbocycles. The fraction of sp³-hybridized carbons (Fsp3) is 0.222. The lowest BCUT2D eigenvalue weighted by Crippen LogP contribution is -2.35. The molecule has 0 N–H and O–H groups in total. The van der Waals surface area contributed by atoms with Crippen LogP contribution >= 0.6 is 0 Å². The predicted molar refractivity (Wildman–Crippen MR) is 51.1 cm³/mol. The number of carbonyl (C=O) groups excluding carboxylic acids is 1. The van der Waals surface area contributed by atoms with Gasteiger partial charge in [0.1, 0.15) is 5.75 Å². The molecule has 13 heavy (non-hydrogen) atoms. The number of anilines is 1. The number of hydrogen-bond donors (Lipinski definition) is 0. The molecule has 0 spiro atoms. The van der Waals surface area contributed by atoms with Gasteiger partial charge in [0.25, 0.3) is 0 Å². The van der Waals surface area contributed by atoms with Crippen LogP contribution in [0.25, 0.3) is 0 Å². The number of para-hydroxylation sites is 1. The molecule has 0 fully saturated rings. The summed E-state index contributed by atoms with van der Waals surface area (Å²) in [5.41, 5.74) is 0.761. The number of carbonyl (C=O) groups is 1. The van der Waals surface area contributed by atoms with Crippen LogP contribution in [0.5, 0.6) is 0 Å². The smallest absolute Gasteiger partial charge is 0.239 e. The van der Waals surface area contributed by atoms with E-state index in [9.17, 15) is 9.00 Å². The zero-order valence-corrected chi connectivity index (χ0v) is 8.00. The van der Waals surface area contributed by atoms with Gasteiger partial charge in [-0.05, 0) is 12.1 Å². The van der Waals surface area contributed by atoms with Crippen LogP contribution in [-0.2, 0) is 15.6 Å². The van der Waals surface area contributed by atoms with Crippen molar-refractivity contribution < 1.29 is 9.00 Å². The van der Waals surface area contributed by atoms with Crippen LogP contribution in [0.15, 0.2) is 29.2 Å². The van der Waals surface area contributed by atoms with Gasteiger partial charge in [0.2, 0.25) is 5.91 Å². The second-order valence-electron chi connectivity index (χ2n) is 2.91. The van der Waals surface area contributed by atoms with Crippen LogP contribution in [0.1, 0.15) is 0 Å². The minimum absolute atomic E-state index is 0.0861. The summed E-state index contributed by atoms with van der Waals surface area (Å²) in [6.07, 6.45) is 0. The Kier molecular flexibility index (Phi) is 1.92. The largest absolute Gasteiger partial charge is 0.313 e. The van der Waals surface area contributed by atoms with E-state index in [4.69, 9.17) is 0 Å². The Balaban J connectivity index is 2.60. The molecular weight excluding hydrogens is 186 g/mol. The molecule has 1 aromatic rings. The van der Waals surface area contributed by atoms with Crippen LogP contribution < -0.4 is 4.90 Å². The van der Waals surface area contributed by atoms with E-state index in [1.54, 1.807) is 18.0 Å². The number of rotatable bonds is 0. The van der Waals surface area contributed by atoms with Crippen molar-refractivity contribution in [2.75, 3.05) is 17.7 Å². The van der Waals surface area contributed by atoms with Gasteiger partial charge >= 0.3 is 0 Å². The van der Waals surface area contributed by atoms with Crippen LogP contribution in [-0.4, -0.2) is 22.9 Å². The monoisotopic (exact) mass is 195 g/mol. The van der Waals surface area contributed by atoms with E-state index < -0.39 is 10.8 Å². The van der Waals surface area contributed by atoms with E-state index in [1.165, 1.54) is 0 Å². The van der Waals surface area contributed by atoms with Crippen molar-refractivity contribution >= 4 is 22.4 Å². The topological polar surface area (TPSA) is 37.4 Å². The Hall–Kier alpha value is -1.16. The van der Waals surface area contributed by atoms with Crippen molar-refractivity contribution in [3.8, 4) is 0 Å². The fourth-order valence-electron chi connectivity index (χ4n) is 1.35. The van der Waals surface area contributed by atoms with Gasteiger partial charge in [0.05, 0.1) is 21.4 Å². The zero-order chi connectivity index (χ0) is 9.42. The first kappa shape index (κ1) is 8.44. The van der Waals surface area contributed by atoms with Crippen molar-refractivity contribution in [2.24, 2.45) is 0 Å². The van der Waals surface area contributed by atoms with E-state index in [0.717, 1.165) is 10.6 Å². The first-order valence-electron chi connectivity index (χ1n) is 3.94. The third kappa shape index (κ3) is 1.27. The van der Waals surface area contributed by atoms with Crippen LogP contribution in [0.4, 0.5) is 5.69 Å². The highest BCUT2D eigenvalue weighted by Gasteiger charge is 2.25. The van der Waals surface area contributed by atoms with Gasteiger partial charge in [-0.1, -0.05) is 12.1 Å². The van der Waals surface area contributed by atoms with Crippen LogP contribution in [0.3, 0.4) is 0 Å². The standard InChI is InChI=1S/C9H9NO2S/c1-10-7-4-2-3-5-8(7)13(12)6-9(10)11/h2-5H,6H2,1H3. The first-order chi connectivity index (χ1) is 6.20. The summed E-state index contributed by atoms with van der Waals surface area (Å²) in [6.45, 7) is 0. The Morgan fingerprint density at radius 2 is 2.08 bits per heavy atom. The highest BCUT2D eigenvalue weighted by molar-refractivity contribution is 7.86. The van der Waals surface area contributed by atoms with Crippen molar-refractivity contribution in [1.29, 1.82) is 0 Å². The maximum absolute atomic E-state index is 11.5. The number of fused-ring (bicyclic) bond motifs is 1. The molecule has 2 rings (SSSR count). The quantitative estimate of drug-likeness (QED) is 0.613. The SMILES string of the molecule is CN1C(=O)CS(=O)c2ccccc21. The Labute approximate surface area is 78.8 Å². The van der Waals surface area contributed by atoms with E-state index in [2.05, 4.69) is 0 Å². The summed E-state index contributed by atoms with van der Waals surface area (Å²) in [5.74, 6) is 0.0186. The van der Waals surface area contributed by atoms with Gasteiger partial charge in [0.15, 0.2) is 0 Å². The van der Waals surface area contributed by atoms with E-state index in [0.29, 0.717) is 0 Å². The highest BCUT2D eigenvalue weighted by Crippen LogP contribution is 2.26. The number of nitrogens with zero attached hydrogens (tertiary/aromatic N) is 1. The first-order valence-corrected chi connectivity index (χ1v) is 5.26. The molecular formula is C9H9NO2S. The lowest BCUT2D eigenvalue weighted by Gasteiger charge is -2.24. The maximum Gasteiger partial charge on any atom is 0.239 e. The summed E-state index contributed by atoms with van der Waals surface area (Å²) in [4.78, 5) is 13.6. The van der Waals surface area contributed by atoms with Gasteiger partial charge < -0.3 is 4.90 Å². The molecule has 0 bridgehead atoms. The van der Waals surface area contributed by atoms with Crippen molar-refractivity contribution in [1.82, 2.24) is 0 Å². The average molecular weight is 195 g/mol. The Morgan fingerprint density at radius 1 is 1.38 bits per heavy atom. The molecule has 1 aliphatic rings. The molecule has 4 heteroatoms. The maximum atomic E-state index is 11.5. The molecule has 0 saturated heterocycles. The molecule has 1 aromatic carbocycles. The molecule has 1 aliphatic heterocycles. The Morgan fingerprint density at radius 3 is 2.85 bits per heavy atom. The van der Waals surface area contributed by atoms with Gasteiger partial charge in [-0.25, -0.2) is 0 Å². The number of benzene rings is 1. The number of hydrogen-bond acceptors (Lipinski definition) is 2. The lowest BCUT2D eigenvalue weighted by atomic mass is 10.3.